The van der Waals surface area contributed by atoms with E-state index in [1.165, 1.54) is 19.3 Å². The van der Waals surface area contributed by atoms with E-state index in [1.54, 1.807) is 32.4 Å². The summed E-state index contributed by atoms with van der Waals surface area (Å²) < 4.78 is 16.5. The van der Waals surface area contributed by atoms with Gasteiger partial charge in [-0.1, -0.05) is 19.3 Å². The number of hydrogen-bond donors (Lipinski definition) is 2. The van der Waals surface area contributed by atoms with Gasteiger partial charge in [-0.25, -0.2) is 0 Å². The molecule has 0 radical (unpaired) electrons. The van der Waals surface area contributed by atoms with Crippen LogP contribution in [0.4, 0.5) is 0 Å². The highest BCUT2D eigenvalue weighted by atomic mass is 16.5. The molecule has 220 valence electrons. The summed E-state index contributed by atoms with van der Waals surface area (Å²) in [7, 11) is 3.26. The maximum Gasteiger partial charge on any atom is 0.254 e. The van der Waals surface area contributed by atoms with Gasteiger partial charge < -0.3 is 34.6 Å². The largest absolute Gasteiger partial charge is 0.493 e. The van der Waals surface area contributed by atoms with Gasteiger partial charge in [-0.05, 0) is 51.8 Å². The van der Waals surface area contributed by atoms with E-state index in [-0.39, 0.29) is 29.8 Å². The Morgan fingerprint density at radius 3 is 2.51 bits per heavy atom. The third-order valence-corrected chi connectivity index (χ3v) is 8.01. The molecule has 1 heterocycles. The summed E-state index contributed by atoms with van der Waals surface area (Å²) in [5, 5.41) is 6.99. The van der Waals surface area contributed by atoms with Gasteiger partial charge in [0.15, 0.2) is 11.5 Å². The van der Waals surface area contributed by atoms with Crippen molar-refractivity contribution < 1.29 is 23.8 Å². The molecule has 39 heavy (non-hydrogen) atoms. The van der Waals surface area contributed by atoms with Crippen molar-refractivity contribution in [3.05, 3.63) is 23.8 Å². The first-order chi connectivity index (χ1) is 18.9. The molecule has 2 amide bonds. The zero-order chi connectivity index (χ0) is 28.2. The van der Waals surface area contributed by atoms with Gasteiger partial charge in [0, 0.05) is 75.9 Å². The molecule has 9 nitrogen and oxygen atoms in total. The molecule has 3 rings (SSSR count). The van der Waals surface area contributed by atoms with Crippen molar-refractivity contribution in [2.75, 3.05) is 60.2 Å². The molecule has 2 N–H and O–H groups in total. The number of carbonyl (C=O) groups excluding carboxylic acids is 2. The lowest BCUT2D eigenvalue weighted by atomic mass is 9.94. The summed E-state index contributed by atoms with van der Waals surface area (Å²) in [5.41, 5.74) is 0.572. The van der Waals surface area contributed by atoms with Crippen molar-refractivity contribution in [1.29, 1.82) is 0 Å². The second-order valence-corrected chi connectivity index (χ2v) is 11.0. The van der Waals surface area contributed by atoms with Crippen molar-refractivity contribution in [1.82, 2.24) is 20.4 Å². The van der Waals surface area contributed by atoms with Crippen LogP contribution in [0.15, 0.2) is 18.2 Å². The van der Waals surface area contributed by atoms with E-state index in [4.69, 9.17) is 14.2 Å². The van der Waals surface area contributed by atoms with E-state index in [0.717, 1.165) is 38.9 Å². The number of carbonyl (C=O) groups is 2. The number of benzene rings is 1. The predicted octanol–water partition coefficient (Wildman–Crippen LogP) is 3.32. The number of methoxy groups -OCH3 is 2. The molecule has 1 saturated carbocycles. The van der Waals surface area contributed by atoms with Crippen molar-refractivity contribution in [3.8, 4) is 11.5 Å². The SMILES string of the molecule is CCN(C(=O)CN[C@@H]1CNC[C@H]1CN(C(=O)c1ccc(OC)c(OCCCOC)c1)C(C)C)C1CCCCC1. The fraction of sp³-hybridized carbons (Fsp3) is 0.733. The number of ether oxygens (including phenoxy) is 3. The van der Waals surface area contributed by atoms with Gasteiger partial charge in [-0.3, -0.25) is 9.59 Å². The Hall–Kier alpha value is -2.36. The predicted molar refractivity (Wildman–Crippen MR) is 154 cm³/mol. The molecule has 9 heteroatoms. The minimum absolute atomic E-state index is 0.0236. The Bertz CT molecular complexity index is 905. The molecule has 2 fully saturated rings. The van der Waals surface area contributed by atoms with Gasteiger partial charge in [0.25, 0.3) is 5.91 Å². The molecular formula is C30H50N4O5. The first kappa shape index (κ1) is 31.2. The highest BCUT2D eigenvalue weighted by Crippen LogP contribution is 2.29. The molecule has 2 aliphatic rings. The molecule has 0 unspecified atom stereocenters. The van der Waals surface area contributed by atoms with Crippen LogP contribution in [-0.4, -0.2) is 99.9 Å². The van der Waals surface area contributed by atoms with Crippen LogP contribution in [0.3, 0.4) is 0 Å². The number of likely N-dealkylation sites (N-methyl/N-ethyl adjacent to an activating group) is 1. The molecule has 0 aromatic heterocycles. The smallest absolute Gasteiger partial charge is 0.254 e. The average molecular weight is 547 g/mol. The number of rotatable bonds is 15. The minimum atomic E-state index is -0.0365. The lowest BCUT2D eigenvalue weighted by Crippen LogP contribution is -2.50. The zero-order valence-corrected chi connectivity index (χ0v) is 24.7. The van der Waals surface area contributed by atoms with Crippen molar-refractivity contribution in [3.63, 3.8) is 0 Å². The molecule has 1 aromatic carbocycles. The zero-order valence-electron chi connectivity index (χ0n) is 24.7. The first-order valence-corrected chi connectivity index (χ1v) is 14.7. The van der Waals surface area contributed by atoms with Crippen LogP contribution in [0.25, 0.3) is 0 Å². The van der Waals surface area contributed by atoms with E-state index in [2.05, 4.69) is 22.5 Å². The summed E-state index contributed by atoms with van der Waals surface area (Å²) in [5.74, 6) is 1.51. The van der Waals surface area contributed by atoms with E-state index < -0.39 is 0 Å². The summed E-state index contributed by atoms with van der Waals surface area (Å²) >= 11 is 0. The minimum Gasteiger partial charge on any atom is -0.493 e. The maximum absolute atomic E-state index is 13.7. The van der Waals surface area contributed by atoms with Crippen molar-refractivity contribution in [2.24, 2.45) is 5.92 Å². The van der Waals surface area contributed by atoms with Gasteiger partial charge in [0.2, 0.25) is 5.91 Å². The second-order valence-electron chi connectivity index (χ2n) is 11.0. The monoisotopic (exact) mass is 546 g/mol. The number of nitrogens with zero attached hydrogens (tertiary/aromatic N) is 2. The van der Waals surface area contributed by atoms with Crippen LogP contribution in [-0.2, 0) is 9.53 Å². The van der Waals surface area contributed by atoms with Gasteiger partial charge in [-0.15, -0.1) is 0 Å². The van der Waals surface area contributed by atoms with Crippen LogP contribution >= 0.6 is 0 Å². The Morgan fingerprint density at radius 1 is 1.08 bits per heavy atom. The van der Waals surface area contributed by atoms with Gasteiger partial charge in [0.05, 0.1) is 20.3 Å². The fourth-order valence-electron chi connectivity index (χ4n) is 5.77. The second kappa shape index (κ2) is 16.0. The first-order valence-electron chi connectivity index (χ1n) is 14.7. The van der Waals surface area contributed by atoms with Crippen LogP contribution in [0, 0.1) is 5.92 Å². The summed E-state index contributed by atoms with van der Waals surface area (Å²) in [4.78, 5) is 30.8. The maximum atomic E-state index is 13.7. The average Bonchev–Trinajstić information content (AvgIpc) is 3.40. The summed E-state index contributed by atoms with van der Waals surface area (Å²) in [6, 6.07) is 5.89. The number of amides is 2. The van der Waals surface area contributed by atoms with Gasteiger partial charge in [-0.2, -0.15) is 0 Å². The van der Waals surface area contributed by atoms with Crippen LogP contribution in [0.2, 0.25) is 0 Å². The third-order valence-electron chi connectivity index (χ3n) is 8.01. The number of nitrogens with one attached hydrogen (secondary N) is 2. The van der Waals surface area contributed by atoms with Crippen LogP contribution in [0.1, 0.15) is 69.7 Å². The quantitative estimate of drug-likeness (QED) is 0.326. The fourth-order valence-corrected chi connectivity index (χ4v) is 5.77. The Balaban J connectivity index is 1.62. The van der Waals surface area contributed by atoms with Crippen molar-refractivity contribution >= 4 is 11.8 Å². The van der Waals surface area contributed by atoms with E-state index >= 15 is 0 Å². The lowest BCUT2D eigenvalue weighted by molar-refractivity contribution is -0.133. The van der Waals surface area contributed by atoms with Crippen LogP contribution < -0.4 is 20.1 Å². The molecule has 0 bridgehead atoms. The topological polar surface area (TPSA) is 92.4 Å². The molecule has 1 saturated heterocycles. The van der Waals surface area contributed by atoms with Crippen LogP contribution in [0.5, 0.6) is 11.5 Å². The molecule has 1 aliphatic carbocycles. The highest BCUT2D eigenvalue weighted by Gasteiger charge is 2.33. The van der Waals surface area contributed by atoms with E-state index in [1.807, 2.05) is 18.7 Å². The van der Waals surface area contributed by atoms with Gasteiger partial charge in [0.1, 0.15) is 0 Å². The van der Waals surface area contributed by atoms with Gasteiger partial charge >= 0.3 is 0 Å². The molecule has 1 aromatic rings. The third kappa shape index (κ3) is 8.82. The number of hydrogen-bond acceptors (Lipinski definition) is 7. The normalized spacial score (nSPS) is 19.7. The van der Waals surface area contributed by atoms with Crippen molar-refractivity contribution in [2.45, 2.75) is 77.4 Å². The standard InChI is InChI=1S/C30H50N4O5/c1-6-33(25-11-8-7-9-12-25)29(35)20-32-26-19-31-18-24(26)21-34(22(2)3)30(36)23-13-14-27(38-5)28(17-23)39-16-10-15-37-4/h13-14,17,22,24-26,31-32H,6-12,15-16,18-21H2,1-5H3/t24-,26+/m0/s1. The molecular weight excluding hydrogens is 496 g/mol. The summed E-state index contributed by atoms with van der Waals surface area (Å²) in [6.45, 7) is 10.5. The Morgan fingerprint density at radius 2 is 1.85 bits per heavy atom. The highest BCUT2D eigenvalue weighted by molar-refractivity contribution is 5.95. The molecule has 1 aliphatic heterocycles. The Kier molecular flexibility index (Phi) is 12.8. The molecule has 0 spiro atoms. The lowest BCUT2D eigenvalue weighted by Gasteiger charge is -2.35. The van der Waals surface area contributed by atoms with E-state index in [9.17, 15) is 9.59 Å². The molecule has 2 atom stereocenters. The summed E-state index contributed by atoms with van der Waals surface area (Å²) in [6.07, 6.45) is 6.68. The van der Waals surface area contributed by atoms with E-state index in [0.29, 0.717) is 49.4 Å². The Labute approximate surface area is 234 Å².